The first-order valence-electron chi connectivity index (χ1n) is 11.3. The van der Waals surface area contributed by atoms with Crippen LogP contribution >= 0.6 is 11.6 Å². The molecule has 11 heteroatoms. The Morgan fingerprint density at radius 1 is 1.17 bits per heavy atom. The van der Waals surface area contributed by atoms with E-state index >= 15 is 4.39 Å². The van der Waals surface area contributed by atoms with Gasteiger partial charge in [0.1, 0.15) is 11.5 Å². The molecule has 0 spiro atoms. The topological polar surface area (TPSA) is 108 Å². The number of morpholine rings is 1. The highest BCUT2D eigenvalue weighted by Gasteiger charge is 2.29. The number of halogens is 2. The quantitative estimate of drug-likeness (QED) is 0.568. The number of pyridine rings is 1. The highest BCUT2D eigenvalue weighted by molar-refractivity contribution is 6.30. The van der Waals surface area contributed by atoms with Crippen LogP contribution in [-0.2, 0) is 11.2 Å². The number of ether oxygens (including phenoxy) is 1. The fourth-order valence-corrected chi connectivity index (χ4v) is 4.82. The number of aliphatic hydroxyl groups excluding tert-OH is 1. The molecule has 4 heterocycles. The van der Waals surface area contributed by atoms with Crippen LogP contribution in [-0.4, -0.2) is 86.4 Å². The molecule has 2 amide bonds. The van der Waals surface area contributed by atoms with Gasteiger partial charge in [-0.1, -0.05) is 11.6 Å². The van der Waals surface area contributed by atoms with Crippen LogP contribution < -0.4 is 0 Å². The molecule has 2 N–H and O–H groups in total. The van der Waals surface area contributed by atoms with Crippen molar-refractivity contribution in [1.82, 2.24) is 19.2 Å². The average molecular weight is 503 g/mol. The molecule has 0 radical (unpaired) electrons. The van der Waals surface area contributed by atoms with E-state index in [1.54, 1.807) is 28.8 Å². The van der Waals surface area contributed by atoms with Gasteiger partial charge in [0.25, 0.3) is 5.91 Å². The molecule has 0 saturated carbocycles. The molecule has 1 aromatic carbocycles. The van der Waals surface area contributed by atoms with Crippen molar-refractivity contribution in [2.45, 2.75) is 25.0 Å². The van der Waals surface area contributed by atoms with Gasteiger partial charge >= 0.3 is 6.09 Å². The Hall–Kier alpha value is -3.21. The lowest BCUT2D eigenvalue weighted by Gasteiger charge is -2.31. The number of rotatable bonds is 4. The number of carbonyl (C=O) groups excluding carboxylic acids is 1. The number of carbonyl (C=O) groups is 2. The number of hydrogen-bond donors (Lipinski definition) is 2. The Kier molecular flexibility index (Phi) is 6.35. The second-order valence-electron chi connectivity index (χ2n) is 8.79. The lowest BCUT2D eigenvalue weighted by Crippen LogP contribution is -2.45. The summed E-state index contributed by atoms with van der Waals surface area (Å²) >= 11 is 6.15. The molecule has 2 fully saturated rings. The van der Waals surface area contributed by atoms with Gasteiger partial charge in [0.05, 0.1) is 36.7 Å². The zero-order chi connectivity index (χ0) is 24.7. The predicted molar refractivity (Wildman–Crippen MR) is 125 cm³/mol. The number of benzene rings is 1. The zero-order valence-corrected chi connectivity index (χ0v) is 19.5. The second-order valence-corrected chi connectivity index (χ2v) is 9.23. The zero-order valence-electron chi connectivity index (χ0n) is 18.7. The van der Waals surface area contributed by atoms with E-state index in [2.05, 4.69) is 4.98 Å². The molecule has 3 aromatic rings. The van der Waals surface area contributed by atoms with Crippen LogP contribution in [0.25, 0.3) is 16.9 Å². The normalized spacial score (nSPS) is 20.5. The van der Waals surface area contributed by atoms with Crippen molar-refractivity contribution in [3.8, 4) is 11.3 Å². The Balaban J connectivity index is 1.50. The van der Waals surface area contributed by atoms with Gasteiger partial charge in [0.2, 0.25) is 0 Å². The maximum absolute atomic E-state index is 15.4. The highest BCUT2D eigenvalue weighted by atomic mass is 35.5. The molecule has 0 aliphatic carbocycles. The van der Waals surface area contributed by atoms with Gasteiger partial charge in [0.15, 0.2) is 0 Å². The number of β-amino-alcohol motifs (C(OH)–C–C–N with tert-alkyl or cyclic N) is 1. The minimum Gasteiger partial charge on any atom is -0.465 e. The van der Waals surface area contributed by atoms with Gasteiger partial charge in [0, 0.05) is 54.5 Å². The number of carboxylic acid groups (broad SMARTS) is 1. The Labute approximate surface area is 205 Å². The van der Waals surface area contributed by atoms with E-state index < -0.39 is 24.1 Å². The first-order chi connectivity index (χ1) is 16.8. The average Bonchev–Trinajstić information content (AvgIpc) is 3.42. The molecule has 9 nitrogen and oxygen atoms in total. The number of aliphatic hydroxyl groups is 1. The first-order valence-corrected chi connectivity index (χ1v) is 11.7. The van der Waals surface area contributed by atoms with E-state index in [-0.39, 0.29) is 36.7 Å². The predicted octanol–water partition coefficient (Wildman–Crippen LogP) is 2.92. The Morgan fingerprint density at radius 3 is 2.71 bits per heavy atom. The third-order valence-corrected chi connectivity index (χ3v) is 6.67. The third-order valence-electron chi connectivity index (χ3n) is 6.44. The van der Waals surface area contributed by atoms with Crippen molar-refractivity contribution in [1.29, 1.82) is 0 Å². The van der Waals surface area contributed by atoms with Crippen LogP contribution in [0.2, 0.25) is 5.02 Å². The first kappa shape index (κ1) is 23.5. The number of imidazole rings is 1. The van der Waals surface area contributed by atoms with Crippen molar-refractivity contribution in [2.75, 3.05) is 32.8 Å². The monoisotopic (exact) mass is 502 g/mol. The maximum Gasteiger partial charge on any atom is 0.407 e. The fourth-order valence-electron chi connectivity index (χ4n) is 4.66. The molecule has 5 rings (SSSR count). The SMILES string of the molecule is O=C(O)N1CCO[C@@H](Cc2c(-c3ccc(C(=O)N4CC[C@@H](O)C4)cc3F)nc3cc(Cl)ccn23)C1. The molecular formula is C24H24ClFN4O5. The van der Waals surface area contributed by atoms with Crippen LogP contribution in [0.4, 0.5) is 9.18 Å². The number of aromatic nitrogens is 2. The molecule has 0 bridgehead atoms. The summed E-state index contributed by atoms with van der Waals surface area (Å²) < 4.78 is 23.0. The van der Waals surface area contributed by atoms with E-state index in [1.165, 1.54) is 21.9 Å². The van der Waals surface area contributed by atoms with Crippen molar-refractivity contribution < 1.29 is 28.9 Å². The summed E-state index contributed by atoms with van der Waals surface area (Å²) in [6.45, 7) is 1.40. The van der Waals surface area contributed by atoms with Crippen molar-refractivity contribution in [3.63, 3.8) is 0 Å². The van der Waals surface area contributed by atoms with Crippen molar-refractivity contribution >= 4 is 29.2 Å². The molecule has 0 unspecified atom stereocenters. The minimum absolute atomic E-state index is 0.188. The minimum atomic E-state index is -1.01. The number of fused-ring (bicyclic) bond motifs is 1. The fraction of sp³-hybridized carbons (Fsp3) is 0.375. The van der Waals surface area contributed by atoms with Crippen LogP contribution in [0, 0.1) is 5.82 Å². The number of likely N-dealkylation sites (tertiary alicyclic amines) is 1. The molecule has 35 heavy (non-hydrogen) atoms. The standard InChI is InChI=1S/C24H24ClFN4O5/c25-15-3-6-30-20(11-17-13-29(24(33)34)7-8-35-17)22(27-21(30)10-15)18-2-1-14(9-19(18)26)23(32)28-5-4-16(31)12-28/h1-3,6,9-10,16-17,31H,4-5,7-8,11-13H2,(H,33,34)/t16-,17+/m1/s1. The summed E-state index contributed by atoms with van der Waals surface area (Å²) in [6.07, 6.45) is 0.528. The number of amides is 2. The van der Waals surface area contributed by atoms with Gasteiger partial charge in [-0.05, 0) is 30.7 Å². The highest BCUT2D eigenvalue weighted by Crippen LogP contribution is 2.31. The van der Waals surface area contributed by atoms with Gasteiger partial charge < -0.3 is 29.2 Å². The summed E-state index contributed by atoms with van der Waals surface area (Å²) in [6, 6.07) is 7.61. The summed E-state index contributed by atoms with van der Waals surface area (Å²) in [5.41, 5.74) is 1.94. The third kappa shape index (κ3) is 4.69. The smallest absolute Gasteiger partial charge is 0.407 e. The molecule has 2 aliphatic rings. The van der Waals surface area contributed by atoms with E-state index in [0.29, 0.717) is 48.0 Å². The molecule has 184 valence electrons. The van der Waals surface area contributed by atoms with Crippen LogP contribution in [0.5, 0.6) is 0 Å². The van der Waals surface area contributed by atoms with Gasteiger partial charge in [-0.15, -0.1) is 0 Å². The lowest BCUT2D eigenvalue weighted by atomic mass is 10.0. The van der Waals surface area contributed by atoms with E-state index in [9.17, 15) is 19.8 Å². The van der Waals surface area contributed by atoms with Crippen LogP contribution in [0.3, 0.4) is 0 Å². The second kappa shape index (κ2) is 9.44. The number of nitrogens with zero attached hydrogens (tertiary/aromatic N) is 4. The molecular weight excluding hydrogens is 479 g/mol. The van der Waals surface area contributed by atoms with E-state index in [4.69, 9.17) is 16.3 Å². The number of hydrogen-bond acceptors (Lipinski definition) is 5. The van der Waals surface area contributed by atoms with Crippen molar-refractivity contribution in [3.05, 3.63) is 58.6 Å². The summed E-state index contributed by atoms with van der Waals surface area (Å²) in [7, 11) is 0. The van der Waals surface area contributed by atoms with Gasteiger partial charge in [-0.3, -0.25) is 4.79 Å². The largest absolute Gasteiger partial charge is 0.465 e. The van der Waals surface area contributed by atoms with E-state index in [0.717, 1.165) is 0 Å². The van der Waals surface area contributed by atoms with Gasteiger partial charge in [-0.25, -0.2) is 14.2 Å². The molecule has 2 aromatic heterocycles. The van der Waals surface area contributed by atoms with Crippen molar-refractivity contribution in [2.24, 2.45) is 0 Å². The summed E-state index contributed by atoms with van der Waals surface area (Å²) in [5, 5.41) is 19.5. The Bertz CT molecular complexity index is 1300. The summed E-state index contributed by atoms with van der Waals surface area (Å²) in [5.74, 6) is -0.943. The molecule has 2 saturated heterocycles. The summed E-state index contributed by atoms with van der Waals surface area (Å²) in [4.78, 5) is 31.6. The maximum atomic E-state index is 15.4. The lowest BCUT2D eigenvalue weighted by molar-refractivity contribution is -0.0214. The Morgan fingerprint density at radius 2 is 2.00 bits per heavy atom. The molecule has 2 aliphatic heterocycles. The van der Waals surface area contributed by atoms with E-state index in [1.807, 2.05) is 0 Å². The molecule has 2 atom stereocenters. The van der Waals surface area contributed by atoms with Crippen LogP contribution in [0.15, 0.2) is 36.5 Å². The van der Waals surface area contributed by atoms with Gasteiger partial charge in [-0.2, -0.15) is 0 Å². The van der Waals surface area contributed by atoms with Crippen LogP contribution in [0.1, 0.15) is 22.5 Å².